The molecule has 15 heavy (non-hydrogen) atoms. The highest BCUT2D eigenvalue weighted by Gasteiger charge is 2.35. The first-order valence-corrected chi connectivity index (χ1v) is 5.59. The third-order valence-electron chi connectivity index (χ3n) is 3.13. The predicted octanol–water partition coefficient (Wildman–Crippen LogP) is 2.46. The van der Waals surface area contributed by atoms with Crippen LogP contribution >= 0.6 is 11.6 Å². The summed E-state index contributed by atoms with van der Waals surface area (Å²) in [6.07, 6.45) is 6.22. The van der Waals surface area contributed by atoms with E-state index in [1.54, 1.807) is 0 Å². The van der Waals surface area contributed by atoms with Gasteiger partial charge >= 0.3 is 0 Å². The molecule has 0 atom stereocenters. The molecule has 0 unspecified atom stereocenters. The second-order valence-electron chi connectivity index (χ2n) is 4.04. The summed E-state index contributed by atoms with van der Waals surface area (Å²) >= 11 is 6.00. The van der Waals surface area contributed by atoms with Crippen molar-refractivity contribution >= 4 is 23.4 Å². The molecule has 4 nitrogen and oxygen atoms in total. The molecule has 0 aromatic carbocycles. The van der Waals surface area contributed by atoms with Gasteiger partial charge in [-0.1, -0.05) is 18.5 Å². The molecule has 2 rings (SSSR count). The summed E-state index contributed by atoms with van der Waals surface area (Å²) in [7, 11) is 0. The van der Waals surface area contributed by atoms with E-state index in [-0.39, 0.29) is 11.5 Å². The van der Waals surface area contributed by atoms with Gasteiger partial charge in [0.2, 0.25) is 5.95 Å². The summed E-state index contributed by atoms with van der Waals surface area (Å²) in [6.45, 7) is 2.17. The van der Waals surface area contributed by atoms with Crippen molar-refractivity contribution in [3.63, 3.8) is 0 Å². The third kappa shape index (κ3) is 2.00. The minimum atomic E-state index is 0.171. The number of halogens is 1. The van der Waals surface area contributed by atoms with Crippen molar-refractivity contribution < 1.29 is 0 Å². The van der Waals surface area contributed by atoms with Crippen molar-refractivity contribution in [2.45, 2.75) is 38.1 Å². The Balaban J connectivity index is 2.19. The van der Waals surface area contributed by atoms with Gasteiger partial charge in [0, 0.05) is 5.54 Å². The van der Waals surface area contributed by atoms with Crippen LogP contribution in [0, 0.1) is 0 Å². The Morgan fingerprint density at radius 2 is 2.33 bits per heavy atom. The zero-order valence-electron chi connectivity index (χ0n) is 8.76. The van der Waals surface area contributed by atoms with Gasteiger partial charge in [-0.2, -0.15) is 4.98 Å². The van der Waals surface area contributed by atoms with Crippen molar-refractivity contribution in [1.82, 2.24) is 9.97 Å². The lowest BCUT2D eigenvalue weighted by atomic mass is 9.75. The fourth-order valence-electron chi connectivity index (χ4n) is 1.89. The number of nitrogens with zero attached hydrogens (tertiary/aromatic N) is 2. The molecule has 0 radical (unpaired) electrons. The van der Waals surface area contributed by atoms with Crippen LogP contribution in [-0.2, 0) is 0 Å². The summed E-state index contributed by atoms with van der Waals surface area (Å²) in [5.74, 6) is 0.915. The molecule has 3 N–H and O–H groups in total. The maximum absolute atomic E-state index is 6.00. The predicted molar refractivity (Wildman–Crippen MR) is 62.0 cm³/mol. The van der Waals surface area contributed by atoms with E-state index in [9.17, 15) is 0 Å². The van der Waals surface area contributed by atoms with Gasteiger partial charge in [0.05, 0.1) is 6.20 Å². The molecule has 0 bridgehead atoms. The first-order chi connectivity index (χ1) is 7.15. The first kappa shape index (κ1) is 10.5. The van der Waals surface area contributed by atoms with E-state index >= 15 is 0 Å². The number of nitrogens with one attached hydrogen (secondary N) is 1. The van der Waals surface area contributed by atoms with Crippen LogP contribution in [0.4, 0.5) is 11.8 Å². The van der Waals surface area contributed by atoms with Gasteiger partial charge in [0.1, 0.15) is 5.02 Å². The Morgan fingerprint density at radius 1 is 1.60 bits per heavy atom. The number of hydrogen-bond acceptors (Lipinski definition) is 4. The van der Waals surface area contributed by atoms with Gasteiger partial charge in [0.15, 0.2) is 5.82 Å². The van der Waals surface area contributed by atoms with Crippen LogP contribution in [0.1, 0.15) is 32.6 Å². The summed E-state index contributed by atoms with van der Waals surface area (Å²) in [5, 5.41) is 3.92. The summed E-state index contributed by atoms with van der Waals surface area (Å²) in [4.78, 5) is 7.94. The topological polar surface area (TPSA) is 63.8 Å². The van der Waals surface area contributed by atoms with Crippen molar-refractivity contribution in [2.24, 2.45) is 0 Å². The van der Waals surface area contributed by atoms with Crippen LogP contribution < -0.4 is 11.1 Å². The van der Waals surface area contributed by atoms with Crippen LogP contribution in [0.2, 0.25) is 5.02 Å². The van der Waals surface area contributed by atoms with Gasteiger partial charge < -0.3 is 11.1 Å². The minimum absolute atomic E-state index is 0.171. The molecule has 82 valence electrons. The lowest BCUT2D eigenvalue weighted by molar-refractivity contribution is 0.269. The van der Waals surface area contributed by atoms with Gasteiger partial charge in [-0.3, -0.25) is 0 Å². The average molecular weight is 227 g/mol. The number of aromatic nitrogens is 2. The maximum atomic E-state index is 6.00. The Bertz CT molecular complexity index is 357. The van der Waals surface area contributed by atoms with E-state index in [0.29, 0.717) is 10.8 Å². The number of nitrogen functional groups attached to an aromatic ring is 1. The fourth-order valence-corrected chi connectivity index (χ4v) is 2.03. The minimum Gasteiger partial charge on any atom is -0.368 e. The molecule has 5 heteroatoms. The number of rotatable bonds is 3. The fraction of sp³-hybridized carbons (Fsp3) is 0.600. The van der Waals surface area contributed by atoms with Crippen molar-refractivity contribution in [3.8, 4) is 0 Å². The van der Waals surface area contributed by atoms with Crippen molar-refractivity contribution in [3.05, 3.63) is 11.2 Å². The molecule has 1 aromatic rings. The van der Waals surface area contributed by atoms with E-state index in [0.717, 1.165) is 6.42 Å². The molecule has 0 aliphatic heterocycles. The maximum Gasteiger partial charge on any atom is 0.222 e. The quantitative estimate of drug-likeness (QED) is 0.831. The molecule has 0 saturated heterocycles. The normalized spacial score (nSPS) is 18.3. The van der Waals surface area contributed by atoms with Crippen LogP contribution in [0.15, 0.2) is 6.20 Å². The number of hydrogen-bond donors (Lipinski definition) is 2. The first-order valence-electron chi connectivity index (χ1n) is 5.21. The summed E-state index contributed by atoms with van der Waals surface area (Å²) < 4.78 is 0. The molecule has 0 spiro atoms. The summed E-state index contributed by atoms with van der Waals surface area (Å²) in [5.41, 5.74) is 5.70. The number of anilines is 2. The smallest absolute Gasteiger partial charge is 0.222 e. The Morgan fingerprint density at radius 3 is 2.87 bits per heavy atom. The average Bonchev–Trinajstić information content (AvgIpc) is 2.17. The van der Waals surface area contributed by atoms with Crippen LogP contribution in [0.3, 0.4) is 0 Å². The Kier molecular flexibility index (Phi) is 2.69. The number of nitrogens with two attached hydrogens (primary N) is 1. The van der Waals surface area contributed by atoms with E-state index in [4.69, 9.17) is 17.3 Å². The molecule has 1 aliphatic carbocycles. The summed E-state index contributed by atoms with van der Waals surface area (Å²) in [6, 6.07) is 0. The Hall–Kier alpha value is -1.03. The second-order valence-corrected chi connectivity index (χ2v) is 4.44. The highest BCUT2D eigenvalue weighted by molar-refractivity contribution is 6.32. The highest BCUT2D eigenvalue weighted by atomic mass is 35.5. The van der Waals surface area contributed by atoms with Gasteiger partial charge in [-0.05, 0) is 25.7 Å². The van der Waals surface area contributed by atoms with Gasteiger partial charge in [-0.25, -0.2) is 4.98 Å². The van der Waals surface area contributed by atoms with Gasteiger partial charge in [0.25, 0.3) is 0 Å². The zero-order valence-corrected chi connectivity index (χ0v) is 9.51. The van der Waals surface area contributed by atoms with E-state index in [2.05, 4.69) is 22.2 Å². The second kappa shape index (κ2) is 3.85. The Labute approximate surface area is 94.2 Å². The largest absolute Gasteiger partial charge is 0.368 e. The monoisotopic (exact) mass is 226 g/mol. The lowest BCUT2D eigenvalue weighted by Gasteiger charge is -2.42. The van der Waals surface area contributed by atoms with Gasteiger partial charge in [-0.15, -0.1) is 0 Å². The molecular weight excluding hydrogens is 212 g/mol. The lowest BCUT2D eigenvalue weighted by Crippen LogP contribution is -2.44. The molecule has 0 amide bonds. The SMILES string of the molecule is CCC1(Nc2nc(N)ncc2Cl)CCC1. The third-order valence-corrected chi connectivity index (χ3v) is 3.41. The van der Waals surface area contributed by atoms with E-state index < -0.39 is 0 Å². The molecular formula is C10H15ClN4. The molecule has 1 aromatic heterocycles. The van der Waals surface area contributed by atoms with Crippen LogP contribution in [0.5, 0.6) is 0 Å². The van der Waals surface area contributed by atoms with Crippen LogP contribution in [-0.4, -0.2) is 15.5 Å². The highest BCUT2D eigenvalue weighted by Crippen LogP contribution is 2.38. The van der Waals surface area contributed by atoms with Crippen molar-refractivity contribution in [2.75, 3.05) is 11.1 Å². The van der Waals surface area contributed by atoms with Crippen LogP contribution in [0.25, 0.3) is 0 Å². The molecule has 1 heterocycles. The van der Waals surface area contributed by atoms with E-state index in [1.807, 2.05) is 0 Å². The molecule has 1 fully saturated rings. The van der Waals surface area contributed by atoms with Crippen molar-refractivity contribution in [1.29, 1.82) is 0 Å². The standard InChI is InChI=1S/C10H15ClN4/c1-2-10(4-3-5-10)15-8-7(11)6-13-9(12)14-8/h6H,2-5H2,1H3,(H3,12,13,14,15). The zero-order chi connectivity index (χ0) is 10.9. The molecule has 1 saturated carbocycles. The molecule has 1 aliphatic rings. The van der Waals surface area contributed by atoms with E-state index in [1.165, 1.54) is 25.5 Å².